The molecule has 1 saturated heterocycles. The van der Waals surface area contributed by atoms with E-state index in [1.165, 1.54) is 0 Å². The highest BCUT2D eigenvalue weighted by atomic mass is 79.9. The molecular formula is C19H20BrNO3. The van der Waals surface area contributed by atoms with E-state index in [4.69, 9.17) is 9.47 Å². The van der Waals surface area contributed by atoms with Crippen molar-refractivity contribution in [1.29, 1.82) is 0 Å². The monoisotopic (exact) mass is 389 g/mol. The van der Waals surface area contributed by atoms with E-state index in [0.29, 0.717) is 11.3 Å². The van der Waals surface area contributed by atoms with Gasteiger partial charge in [0.1, 0.15) is 11.5 Å². The van der Waals surface area contributed by atoms with Crippen LogP contribution in [0.25, 0.3) is 0 Å². The van der Waals surface area contributed by atoms with Gasteiger partial charge in [-0.2, -0.15) is 0 Å². The number of methoxy groups -OCH3 is 2. The van der Waals surface area contributed by atoms with E-state index < -0.39 is 0 Å². The summed E-state index contributed by atoms with van der Waals surface area (Å²) >= 11 is 3.48. The highest BCUT2D eigenvalue weighted by Gasteiger charge is 2.31. The Kier molecular flexibility index (Phi) is 5.09. The summed E-state index contributed by atoms with van der Waals surface area (Å²) in [5.74, 6) is 1.51. The second-order valence-electron chi connectivity index (χ2n) is 5.78. The normalized spacial score (nSPS) is 17.0. The Labute approximate surface area is 150 Å². The van der Waals surface area contributed by atoms with E-state index in [-0.39, 0.29) is 11.9 Å². The van der Waals surface area contributed by atoms with Gasteiger partial charge in [-0.1, -0.05) is 12.1 Å². The van der Waals surface area contributed by atoms with E-state index in [9.17, 15) is 4.79 Å². The van der Waals surface area contributed by atoms with Crippen molar-refractivity contribution in [2.75, 3.05) is 20.8 Å². The number of nitrogens with zero attached hydrogens (tertiary/aromatic N) is 1. The summed E-state index contributed by atoms with van der Waals surface area (Å²) in [6, 6.07) is 13.5. The molecule has 0 saturated carbocycles. The Morgan fingerprint density at radius 2 is 1.88 bits per heavy atom. The lowest BCUT2D eigenvalue weighted by Gasteiger charge is -2.26. The standard InChI is InChI=1S/C19H20BrNO3/c1-23-14-6-3-5-13(11-14)18-7-4-10-21(18)19(22)16-12-15(24-2)8-9-17(16)20/h3,5-6,8-9,11-12,18H,4,7,10H2,1-2H3. The van der Waals surface area contributed by atoms with E-state index in [1.54, 1.807) is 20.3 Å². The minimum Gasteiger partial charge on any atom is -0.497 e. The average molecular weight is 390 g/mol. The van der Waals surface area contributed by atoms with Crippen molar-refractivity contribution >= 4 is 21.8 Å². The van der Waals surface area contributed by atoms with Crippen molar-refractivity contribution < 1.29 is 14.3 Å². The van der Waals surface area contributed by atoms with Crippen molar-refractivity contribution in [2.45, 2.75) is 18.9 Å². The maximum Gasteiger partial charge on any atom is 0.255 e. The molecular weight excluding hydrogens is 370 g/mol. The number of hydrogen-bond donors (Lipinski definition) is 0. The number of likely N-dealkylation sites (tertiary alicyclic amines) is 1. The van der Waals surface area contributed by atoms with Gasteiger partial charge in [0.2, 0.25) is 0 Å². The average Bonchev–Trinajstić information content (AvgIpc) is 3.11. The lowest BCUT2D eigenvalue weighted by molar-refractivity contribution is 0.0734. The molecule has 0 N–H and O–H groups in total. The highest BCUT2D eigenvalue weighted by Crippen LogP contribution is 2.36. The van der Waals surface area contributed by atoms with E-state index in [2.05, 4.69) is 22.0 Å². The van der Waals surface area contributed by atoms with Crippen molar-refractivity contribution in [3.63, 3.8) is 0 Å². The number of amides is 1. The van der Waals surface area contributed by atoms with Gasteiger partial charge >= 0.3 is 0 Å². The molecule has 1 amide bonds. The molecule has 1 atom stereocenters. The van der Waals surface area contributed by atoms with E-state index in [0.717, 1.165) is 35.2 Å². The summed E-state index contributed by atoms with van der Waals surface area (Å²) in [5, 5.41) is 0. The van der Waals surface area contributed by atoms with Gasteiger partial charge in [0.15, 0.2) is 0 Å². The fourth-order valence-electron chi connectivity index (χ4n) is 3.16. The number of carbonyl (C=O) groups is 1. The highest BCUT2D eigenvalue weighted by molar-refractivity contribution is 9.10. The SMILES string of the molecule is COc1cccc(C2CCCN2C(=O)c2cc(OC)ccc2Br)c1. The number of rotatable bonds is 4. The zero-order chi connectivity index (χ0) is 17.1. The van der Waals surface area contributed by atoms with Gasteiger partial charge in [-0.05, 0) is 64.7 Å². The Morgan fingerprint density at radius 1 is 1.12 bits per heavy atom. The fraction of sp³-hybridized carbons (Fsp3) is 0.316. The topological polar surface area (TPSA) is 38.8 Å². The molecule has 1 aliphatic heterocycles. The third-order valence-electron chi connectivity index (χ3n) is 4.40. The number of halogens is 1. The Hall–Kier alpha value is -2.01. The van der Waals surface area contributed by atoms with Crippen LogP contribution in [-0.4, -0.2) is 31.6 Å². The van der Waals surface area contributed by atoms with Gasteiger partial charge in [0, 0.05) is 11.0 Å². The van der Waals surface area contributed by atoms with Crippen LogP contribution in [0.4, 0.5) is 0 Å². The molecule has 0 radical (unpaired) electrons. The smallest absolute Gasteiger partial charge is 0.255 e. The molecule has 24 heavy (non-hydrogen) atoms. The summed E-state index contributed by atoms with van der Waals surface area (Å²) in [6.07, 6.45) is 1.95. The van der Waals surface area contributed by atoms with Crippen molar-refractivity contribution in [3.8, 4) is 11.5 Å². The molecule has 4 nitrogen and oxygen atoms in total. The predicted molar refractivity (Wildman–Crippen MR) is 96.7 cm³/mol. The molecule has 0 aliphatic carbocycles. The molecule has 1 aliphatic rings. The number of benzene rings is 2. The second kappa shape index (κ2) is 7.26. The van der Waals surface area contributed by atoms with Crippen LogP contribution < -0.4 is 9.47 Å². The molecule has 2 aromatic carbocycles. The molecule has 0 spiro atoms. The molecule has 0 bridgehead atoms. The van der Waals surface area contributed by atoms with Crippen LogP contribution in [0.15, 0.2) is 46.9 Å². The second-order valence-corrected chi connectivity index (χ2v) is 6.63. The summed E-state index contributed by atoms with van der Waals surface area (Å²) in [4.78, 5) is 15.0. The maximum atomic E-state index is 13.1. The molecule has 5 heteroatoms. The number of ether oxygens (including phenoxy) is 2. The minimum absolute atomic E-state index is 0.0195. The van der Waals surface area contributed by atoms with Gasteiger partial charge in [0.05, 0.1) is 25.8 Å². The van der Waals surface area contributed by atoms with Gasteiger partial charge in [-0.3, -0.25) is 4.79 Å². The number of hydrogen-bond acceptors (Lipinski definition) is 3. The van der Waals surface area contributed by atoms with Gasteiger partial charge in [0.25, 0.3) is 5.91 Å². The molecule has 1 unspecified atom stereocenters. The van der Waals surface area contributed by atoms with Crippen LogP contribution in [0.5, 0.6) is 11.5 Å². The first-order valence-corrected chi connectivity index (χ1v) is 8.72. The molecule has 126 valence electrons. The van der Waals surface area contributed by atoms with Crippen LogP contribution in [-0.2, 0) is 0 Å². The molecule has 2 aromatic rings. The zero-order valence-corrected chi connectivity index (χ0v) is 15.4. The molecule has 3 rings (SSSR count). The third kappa shape index (κ3) is 3.26. The lowest BCUT2D eigenvalue weighted by atomic mass is 10.0. The summed E-state index contributed by atoms with van der Waals surface area (Å²) in [6.45, 7) is 0.754. The van der Waals surface area contributed by atoms with E-state index >= 15 is 0 Å². The summed E-state index contributed by atoms with van der Waals surface area (Å²) in [5.41, 5.74) is 1.74. The van der Waals surface area contributed by atoms with Gasteiger partial charge in [-0.15, -0.1) is 0 Å². The van der Waals surface area contributed by atoms with Gasteiger partial charge in [-0.25, -0.2) is 0 Å². The molecule has 1 fully saturated rings. The maximum absolute atomic E-state index is 13.1. The van der Waals surface area contributed by atoms with Crippen LogP contribution >= 0.6 is 15.9 Å². The van der Waals surface area contributed by atoms with Crippen LogP contribution in [0.2, 0.25) is 0 Å². The summed E-state index contributed by atoms with van der Waals surface area (Å²) < 4.78 is 11.4. The first-order valence-electron chi connectivity index (χ1n) is 7.92. The van der Waals surface area contributed by atoms with Crippen molar-refractivity contribution in [3.05, 3.63) is 58.1 Å². The van der Waals surface area contributed by atoms with Crippen LogP contribution in [0.3, 0.4) is 0 Å². The minimum atomic E-state index is 0.0195. The Morgan fingerprint density at radius 3 is 2.62 bits per heavy atom. The van der Waals surface area contributed by atoms with Crippen molar-refractivity contribution in [2.24, 2.45) is 0 Å². The molecule has 0 aromatic heterocycles. The predicted octanol–water partition coefficient (Wildman–Crippen LogP) is 4.44. The fourth-order valence-corrected chi connectivity index (χ4v) is 3.57. The van der Waals surface area contributed by atoms with Crippen LogP contribution in [0, 0.1) is 0 Å². The van der Waals surface area contributed by atoms with Gasteiger partial charge < -0.3 is 14.4 Å². The molecule has 1 heterocycles. The summed E-state index contributed by atoms with van der Waals surface area (Å²) in [7, 11) is 3.26. The largest absolute Gasteiger partial charge is 0.497 e. The Balaban J connectivity index is 1.91. The van der Waals surface area contributed by atoms with Crippen molar-refractivity contribution in [1.82, 2.24) is 4.90 Å². The Bertz CT molecular complexity index is 747. The zero-order valence-electron chi connectivity index (χ0n) is 13.8. The lowest BCUT2D eigenvalue weighted by Crippen LogP contribution is -2.30. The first-order chi connectivity index (χ1) is 11.6. The quantitative estimate of drug-likeness (QED) is 0.775. The number of carbonyl (C=O) groups excluding carboxylic acids is 1. The first kappa shape index (κ1) is 16.8. The van der Waals surface area contributed by atoms with Crippen LogP contribution in [0.1, 0.15) is 34.8 Å². The van der Waals surface area contributed by atoms with E-state index in [1.807, 2.05) is 35.2 Å². The third-order valence-corrected chi connectivity index (χ3v) is 5.09.